The Morgan fingerprint density at radius 3 is 2.87 bits per heavy atom. The number of carbonyl (C=O) groups excluding carboxylic acids is 1. The van der Waals surface area contributed by atoms with Gasteiger partial charge in [0, 0.05) is 44.0 Å². The Hall–Kier alpha value is -1.59. The molecule has 2 aliphatic rings. The molecule has 1 unspecified atom stereocenters. The van der Waals surface area contributed by atoms with E-state index in [1.165, 1.54) is 6.42 Å². The van der Waals surface area contributed by atoms with Gasteiger partial charge in [-0.15, -0.1) is 0 Å². The summed E-state index contributed by atoms with van der Waals surface area (Å²) in [6.07, 6.45) is 2.29. The highest BCUT2D eigenvalue weighted by Gasteiger charge is 2.27. The molecule has 3 rings (SSSR count). The average Bonchev–Trinajstić information content (AvgIpc) is 2.57. The van der Waals surface area contributed by atoms with E-state index < -0.39 is 0 Å². The lowest BCUT2D eigenvalue weighted by Gasteiger charge is -2.37. The van der Waals surface area contributed by atoms with Gasteiger partial charge in [-0.2, -0.15) is 0 Å². The lowest BCUT2D eigenvalue weighted by Crippen LogP contribution is -2.46. The summed E-state index contributed by atoms with van der Waals surface area (Å²) in [4.78, 5) is 17.3. The molecule has 1 amide bonds. The Kier molecular flexibility index (Phi) is 5.18. The molecule has 1 atom stereocenters. The molecule has 0 saturated carbocycles. The molecule has 2 fully saturated rings. The number of rotatable bonds is 3. The van der Waals surface area contributed by atoms with Crippen molar-refractivity contribution in [3.63, 3.8) is 0 Å². The number of piperidine rings is 1. The van der Waals surface area contributed by atoms with Crippen molar-refractivity contribution in [1.29, 1.82) is 0 Å². The maximum atomic E-state index is 12.8. The lowest BCUT2D eigenvalue weighted by atomic mass is 9.96. The fourth-order valence-corrected chi connectivity index (χ4v) is 3.59. The minimum Gasteiger partial charge on any atom is -0.399 e. The van der Waals surface area contributed by atoms with E-state index in [2.05, 4.69) is 4.90 Å². The quantitative estimate of drug-likeness (QED) is 0.863. The smallest absolute Gasteiger partial charge is 0.254 e. The third-order valence-corrected chi connectivity index (χ3v) is 4.92. The number of amides is 1. The van der Waals surface area contributed by atoms with Gasteiger partial charge < -0.3 is 15.4 Å². The number of ether oxygens (including phenoxy) is 1. The number of nitrogen functional groups attached to an aromatic ring is 1. The van der Waals surface area contributed by atoms with E-state index in [9.17, 15) is 4.79 Å². The first-order valence-corrected chi connectivity index (χ1v) is 8.59. The molecule has 5 heteroatoms. The molecule has 0 aliphatic carbocycles. The van der Waals surface area contributed by atoms with Crippen molar-refractivity contribution < 1.29 is 9.53 Å². The zero-order valence-electron chi connectivity index (χ0n) is 14.0. The van der Waals surface area contributed by atoms with E-state index in [1.807, 2.05) is 30.0 Å². The maximum absolute atomic E-state index is 12.8. The standard InChI is InChI=1S/C18H27N3O2/c1-14-4-5-16(19)11-17(14)18(22)21-6-2-3-15(13-21)12-20-7-9-23-10-8-20/h4-5,11,15H,2-3,6-10,12-13,19H2,1H3. The average molecular weight is 317 g/mol. The third kappa shape index (κ3) is 4.03. The van der Waals surface area contributed by atoms with Crippen LogP contribution >= 0.6 is 0 Å². The van der Waals surface area contributed by atoms with Gasteiger partial charge in [0.05, 0.1) is 13.2 Å². The Balaban J connectivity index is 1.63. The van der Waals surface area contributed by atoms with Gasteiger partial charge in [0.25, 0.3) is 5.91 Å². The highest BCUT2D eigenvalue weighted by Crippen LogP contribution is 2.22. The van der Waals surface area contributed by atoms with Gasteiger partial charge >= 0.3 is 0 Å². The van der Waals surface area contributed by atoms with Crippen molar-refractivity contribution in [1.82, 2.24) is 9.80 Å². The molecule has 1 aromatic rings. The van der Waals surface area contributed by atoms with E-state index in [-0.39, 0.29) is 5.91 Å². The second-order valence-corrected chi connectivity index (χ2v) is 6.75. The largest absolute Gasteiger partial charge is 0.399 e. The van der Waals surface area contributed by atoms with Gasteiger partial charge in [-0.3, -0.25) is 9.69 Å². The first-order chi connectivity index (χ1) is 11.1. The van der Waals surface area contributed by atoms with Crippen LogP contribution < -0.4 is 5.73 Å². The SMILES string of the molecule is Cc1ccc(N)cc1C(=O)N1CCCC(CN2CCOCC2)C1. The van der Waals surface area contributed by atoms with Gasteiger partial charge in [-0.1, -0.05) is 6.07 Å². The third-order valence-electron chi connectivity index (χ3n) is 4.92. The van der Waals surface area contributed by atoms with Crippen LogP contribution in [0.4, 0.5) is 5.69 Å². The molecule has 0 aromatic heterocycles. The molecule has 1 aromatic carbocycles. The summed E-state index contributed by atoms with van der Waals surface area (Å²) in [6.45, 7) is 8.44. The predicted octanol–water partition coefficient (Wildman–Crippen LogP) is 1.76. The van der Waals surface area contributed by atoms with Crippen LogP contribution in [0.1, 0.15) is 28.8 Å². The van der Waals surface area contributed by atoms with Crippen LogP contribution in [0.25, 0.3) is 0 Å². The molecular formula is C18H27N3O2. The Bertz CT molecular complexity index is 555. The van der Waals surface area contributed by atoms with Gasteiger partial charge in [-0.05, 0) is 43.4 Å². The second-order valence-electron chi connectivity index (χ2n) is 6.75. The summed E-state index contributed by atoms with van der Waals surface area (Å²) < 4.78 is 5.41. The molecular weight excluding hydrogens is 290 g/mol. The summed E-state index contributed by atoms with van der Waals surface area (Å²) in [7, 11) is 0. The van der Waals surface area contributed by atoms with Crippen LogP contribution in [0.3, 0.4) is 0 Å². The Labute approximate surface area is 138 Å². The highest BCUT2D eigenvalue weighted by molar-refractivity contribution is 5.96. The van der Waals surface area contributed by atoms with Crippen molar-refractivity contribution in [3.05, 3.63) is 29.3 Å². The summed E-state index contributed by atoms with van der Waals surface area (Å²) in [5.74, 6) is 0.689. The molecule has 23 heavy (non-hydrogen) atoms. The van der Waals surface area contributed by atoms with Crippen LogP contribution in [-0.4, -0.2) is 61.6 Å². The van der Waals surface area contributed by atoms with Gasteiger partial charge in [-0.25, -0.2) is 0 Å². The van der Waals surface area contributed by atoms with Gasteiger partial charge in [0.2, 0.25) is 0 Å². The summed E-state index contributed by atoms with van der Waals surface area (Å²) in [5.41, 5.74) is 8.26. The minimum atomic E-state index is 0.126. The number of aryl methyl sites for hydroxylation is 1. The topological polar surface area (TPSA) is 58.8 Å². The molecule has 0 bridgehead atoms. The number of carbonyl (C=O) groups is 1. The van der Waals surface area contributed by atoms with Crippen molar-refractivity contribution in [2.45, 2.75) is 19.8 Å². The molecule has 2 aliphatic heterocycles. The van der Waals surface area contributed by atoms with Crippen LogP contribution in [0.15, 0.2) is 18.2 Å². The van der Waals surface area contributed by atoms with E-state index in [4.69, 9.17) is 10.5 Å². The zero-order chi connectivity index (χ0) is 16.2. The summed E-state index contributed by atoms with van der Waals surface area (Å²) >= 11 is 0. The van der Waals surface area contributed by atoms with E-state index in [1.54, 1.807) is 0 Å². The first kappa shape index (κ1) is 16.3. The molecule has 2 heterocycles. The van der Waals surface area contributed by atoms with Gasteiger partial charge in [0.15, 0.2) is 0 Å². The molecule has 5 nitrogen and oxygen atoms in total. The molecule has 0 radical (unpaired) electrons. The number of anilines is 1. The first-order valence-electron chi connectivity index (χ1n) is 8.59. The van der Waals surface area contributed by atoms with E-state index in [0.717, 1.165) is 63.5 Å². The van der Waals surface area contributed by atoms with E-state index >= 15 is 0 Å². The number of likely N-dealkylation sites (tertiary alicyclic amines) is 1. The molecule has 2 saturated heterocycles. The van der Waals surface area contributed by atoms with Crippen molar-refractivity contribution in [2.75, 3.05) is 51.7 Å². The highest BCUT2D eigenvalue weighted by atomic mass is 16.5. The van der Waals surface area contributed by atoms with E-state index in [0.29, 0.717) is 11.6 Å². The second kappa shape index (κ2) is 7.32. The number of nitrogens with zero attached hydrogens (tertiary/aromatic N) is 2. The Morgan fingerprint density at radius 1 is 1.30 bits per heavy atom. The number of hydrogen-bond donors (Lipinski definition) is 1. The zero-order valence-corrected chi connectivity index (χ0v) is 14.0. The molecule has 2 N–H and O–H groups in total. The van der Waals surface area contributed by atoms with Crippen LogP contribution in [-0.2, 0) is 4.74 Å². The maximum Gasteiger partial charge on any atom is 0.254 e. The lowest BCUT2D eigenvalue weighted by molar-refractivity contribution is 0.0223. The van der Waals surface area contributed by atoms with Crippen LogP contribution in [0.2, 0.25) is 0 Å². The number of benzene rings is 1. The van der Waals surface area contributed by atoms with Crippen molar-refractivity contribution in [2.24, 2.45) is 5.92 Å². The van der Waals surface area contributed by atoms with Crippen LogP contribution in [0.5, 0.6) is 0 Å². The van der Waals surface area contributed by atoms with Crippen molar-refractivity contribution in [3.8, 4) is 0 Å². The number of morpholine rings is 1. The fourth-order valence-electron chi connectivity index (χ4n) is 3.59. The normalized spacial score (nSPS) is 23.0. The van der Waals surface area contributed by atoms with Crippen LogP contribution in [0, 0.1) is 12.8 Å². The fraction of sp³-hybridized carbons (Fsp3) is 0.611. The molecule has 126 valence electrons. The molecule has 0 spiro atoms. The summed E-state index contributed by atoms with van der Waals surface area (Å²) in [6, 6.07) is 5.59. The summed E-state index contributed by atoms with van der Waals surface area (Å²) in [5, 5.41) is 0. The number of hydrogen-bond acceptors (Lipinski definition) is 4. The van der Waals surface area contributed by atoms with Crippen molar-refractivity contribution >= 4 is 11.6 Å². The monoisotopic (exact) mass is 317 g/mol. The van der Waals surface area contributed by atoms with Gasteiger partial charge in [0.1, 0.15) is 0 Å². The predicted molar refractivity (Wildman–Crippen MR) is 91.5 cm³/mol. The number of nitrogens with two attached hydrogens (primary N) is 1. The minimum absolute atomic E-state index is 0.126. The Morgan fingerprint density at radius 2 is 2.09 bits per heavy atom.